The molecule has 2 heterocycles. The number of hydrogen-bond donors (Lipinski definition) is 2. The highest BCUT2D eigenvalue weighted by atomic mass is 16.5. The molecule has 1 aromatic rings. The molecule has 2 N–H and O–H groups in total. The summed E-state index contributed by atoms with van der Waals surface area (Å²) in [6, 6.07) is 3.28. The number of hydrogen-bond acceptors (Lipinski definition) is 7. The predicted octanol–water partition coefficient (Wildman–Crippen LogP) is 0.462. The van der Waals surface area contributed by atoms with Crippen molar-refractivity contribution in [1.82, 2.24) is 15.5 Å². The molecule has 2 unspecified atom stereocenters. The van der Waals surface area contributed by atoms with Crippen LogP contribution in [0.15, 0.2) is 18.2 Å². The van der Waals surface area contributed by atoms with Gasteiger partial charge in [0.25, 0.3) is 17.7 Å². The smallest absolute Gasteiger partial charge is 0.338 e. The van der Waals surface area contributed by atoms with Crippen LogP contribution in [-0.4, -0.2) is 67.0 Å². The van der Waals surface area contributed by atoms with Gasteiger partial charge in [-0.1, -0.05) is 0 Å². The quantitative estimate of drug-likeness (QED) is 0.539. The molecule has 154 valence electrons. The Morgan fingerprint density at radius 1 is 1.24 bits per heavy atom. The first kappa shape index (κ1) is 20.5. The first-order valence-electron chi connectivity index (χ1n) is 9.17. The minimum atomic E-state index is -1.23. The lowest BCUT2D eigenvalue weighted by Crippen LogP contribution is -2.43. The topological polar surface area (TPSA) is 131 Å². The summed E-state index contributed by atoms with van der Waals surface area (Å²) in [5.41, 5.74) is 0.323. The molecule has 0 aromatic heterocycles. The highest BCUT2D eigenvalue weighted by molar-refractivity contribution is 6.22. The van der Waals surface area contributed by atoms with Gasteiger partial charge < -0.3 is 14.8 Å². The lowest BCUT2D eigenvalue weighted by molar-refractivity contribution is -0.127. The molecule has 1 fully saturated rings. The summed E-state index contributed by atoms with van der Waals surface area (Å²) in [6.45, 7) is 2.08. The van der Waals surface area contributed by atoms with Crippen molar-refractivity contribution in [1.29, 1.82) is 0 Å². The second-order valence-corrected chi connectivity index (χ2v) is 6.73. The third kappa shape index (κ3) is 4.27. The maximum atomic E-state index is 12.6. The van der Waals surface area contributed by atoms with E-state index in [2.05, 4.69) is 5.32 Å². The van der Waals surface area contributed by atoms with Crippen LogP contribution in [0.25, 0.3) is 0 Å². The van der Waals surface area contributed by atoms with E-state index in [0.29, 0.717) is 6.61 Å². The second kappa shape index (κ2) is 8.39. The van der Waals surface area contributed by atoms with Crippen LogP contribution in [-0.2, 0) is 14.3 Å². The van der Waals surface area contributed by atoms with E-state index < -0.39 is 35.8 Å². The number of rotatable bonds is 5. The predicted molar refractivity (Wildman–Crippen MR) is 98.3 cm³/mol. The molecule has 2 aliphatic rings. The number of esters is 1. The van der Waals surface area contributed by atoms with Crippen molar-refractivity contribution < 1.29 is 33.4 Å². The monoisotopic (exact) mass is 403 g/mol. The van der Waals surface area contributed by atoms with Crippen molar-refractivity contribution in [2.24, 2.45) is 0 Å². The van der Waals surface area contributed by atoms with E-state index in [4.69, 9.17) is 9.47 Å². The Labute approximate surface area is 166 Å². The molecular formula is C19H21N3O7. The summed E-state index contributed by atoms with van der Waals surface area (Å²) in [5, 5.41) is 4.21. The number of fused-ring (bicyclic) bond motifs is 1. The number of urea groups is 1. The van der Waals surface area contributed by atoms with Crippen molar-refractivity contribution in [3.8, 4) is 0 Å². The molecule has 0 spiro atoms. The molecule has 0 radical (unpaired) electrons. The molecule has 2 atom stereocenters. The van der Waals surface area contributed by atoms with Crippen LogP contribution in [0.2, 0.25) is 0 Å². The number of benzene rings is 1. The van der Waals surface area contributed by atoms with Gasteiger partial charge in [0, 0.05) is 13.7 Å². The van der Waals surface area contributed by atoms with Gasteiger partial charge in [-0.25, -0.2) is 9.59 Å². The SMILES string of the molecule is CNC(=O)NC(=O)C(C)OC(=O)c1ccc2c(c1)C(=O)N(CC1CCCO1)C2=O. The molecule has 29 heavy (non-hydrogen) atoms. The largest absolute Gasteiger partial charge is 0.449 e. The Kier molecular flexibility index (Phi) is 5.92. The lowest BCUT2D eigenvalue weighted by atomic mass is 10.1. The first-order valence-corrected chi connectivity index (χ1v) is 9.17. The number of ether oxygens (including phenoxy) is 2. The van der Waals surface area contributed by atoms with Crippen LogP contribution in [0.4, 0.5) is 4.79 Å². The Balaban J connectivity index is 1.69. The number of carbonyl (C=O) groups excluding carboxylic acids is 5. The molecule has 10 nitrogen and oxygen atoms in total. The van der Waals surface area contributed by atoms with E-state index in [0.717, 1.165) is 17.7 Å². The summed E-state index contributed by atoms with van der Waals surface area (Å²) < 4.78 is 10.5. The van der Waals surface area contributed by atoms with E-state index in [-0.39, 0.29) is 29.3 Å². The average molecular weight is 403 g/mol. The van der Waals surface area contributed by atoms with Crippen LogP contribution in [0.3, 0.4) is 0 Å². The van der Waals surface area contributed by atoms with Crippen LogP contribution in [0.1, 0.15) is 50.8 Å². The van der Waals surface area contributed by atoms with E-state index >= 15 is 0 Å². The standard InChI is InChI=1S/C19H21N3O7/c1-10(15(23)21-19(27)20-2)29-18(26)11-5-6-13-14(8-11)17(25)22(16(13)24)9-12-4-3-7-28-12/h5-6,8,10,12H,3-4,7,9H2,1-2H3,(H2,20,21,23,27). The summed E-state index contributed by atoms with van der Waals surface area (Å²) in [6.07, 6.45) is 0.249. The van der Waals surface area contributed by atoms with Crippen molar-refractivity contribution >= 4 is 29.7 Å². The summed E-state index contributed by atoms with van der Waals surface area (Å²) >= 11 is 0. The first-order chi connectivity index (χ1) is 13.8. The van der Waals surface area contributed by atoms with Gasteiger partial charge in [-0.3, -0.25) is 24.6 Å². The highest BCUT2D eigenvalue weighted by Gasteiger charge is 2.38. The van der Waals surface area contributed by atoms with Gasteiger partial charge in [-0.05, 0) is 38.0 Å². The van der Waals surface area contributed by atoms with Crippen molar-refractivity contribution in [3.63, 3.8) is 0 Å². The number of amides is 5. The van der Waals surface area contributed by atoms with Crippen LogP contribution < -0.4 is 10.6 Å². The Hall–Kier alpha value is -3.27. The van der Waals surface area contributed by atoms with E-state index in [1.165, 1.54) is 32.2 Å². The van der Waals surface area contributed by atoms with E-state index in [9.17, 15) is 24.0 Å². The van der Waals surface area contributed by atoms with Crippen molar-refractivity contribution in [2.45, 2.75) is 32.0 Å². The molecule has 1 aromatic carbocycles. The van der Waals surface area contributed by atoms with Crippen LogP contribution >= 0.6 is 0 Å². The Morgan fingerprint density at radius 2 is 1.97 bits per heavy atom. The molecule has 10 heteroatoms. The maximum Gasteiger partial charge on any atom is 0.338 e. The maximum absolute atomic E-state index is 12.6. The number of nitrogens with one attached hydrogen (secondary N) is 2. The van der Waals surface area contributed by atoms with Gasteiger partial charge in [-0.15, -0.1) is 0 Å². The minimum Gasteiger partial charge on any atom is -0.449 e. The average Bonchev–Trinajstić information content (AvgIpc) is 3.30. The normalized spacial score (nSPS) is 19.0. The summed E-state index contributed by atoms with van der Waals surface area (Å²) in [5.74, 6) is -2.59. The van der Waals surface area contributed by atoms with Crippen molar-refractivity contribution in [2.75, 3.05) is 20.2 Å². The van der Waals surface area contributed by atoms with Crippen LogP contribution in [0, 0.1) is 0 Å². The lowest BCUT2D eigenvalue weighted by Gasteiger charge is -2.17. The van der Waals surface area contributed by atoms with Gasteiger partial charge in [0.1, 0.15) is 0 Å². The van der Waals surface area contributed by atoms with E-state index in [1.54, 1.807) is 0 Å². The third-order valence-electron chi connectivity index (χ3n) is 4.73. The molecule has 0 saturated carbocycles. The molecule has 3 rings (SSSR count). The van der Waals surface area contributed by atoms with Gasteiger partial charge in [0.2, 0.25) is 0 Å². The minimum absolute atomic E-state index is 0.0171. The zero-order chi connectivity index (χ0) is 21.1. The fourth-order valence-corrected chi connectivity index (χ4v) is 3.13. The molecular weight excluding hydrogens is 382 g/mol. The highest BCUT2D eigenvalue weighted by Crippen LogP contribution is 2.26. The van der Waals surface area contributed by atoms with Gasteiger partial charge >= 0.3 is 12.0 Å². The van der Waals surface area contributed by atoms with Gasteiger partial charge in [0.15, 0.2) is 6.10 Å². The molecule has 2 aliphatic heterocycles. The van der Waals surface area contributed by atoms with Gasteiger partial charge in [0.05, 0.1) is 29.3 Å². The van der Waals surface area contributed by atoms with Crippen molar-refractivity contribution in [3.05, 3.63) is 34.9 Å². The molecule has 1 saturated heterocycles. The fourth-order valence-electron chi connectivity index (χ4n) is 3.13. The number of nitrogens with zero attached hydrogens (tertiary/aromatic N) is 1. The fraction of sp³-hybridized carbons (Fsp3) is 0.421. The number of imide groups is 2. The summed E-state index contributed by atoms with van der Waals surface area (Å²) in [7, 11) is 1.34. The molecule has 5 amide bonds. The Bertz CT molecular complexity index is 877. The van der Waals surface area contributed by atoms with Gasteiger partial charge in [-0.2, -0.15) is 0 Å². The zero-order valence-electron chi connectivity index (χ0n) is 16.0. The van der Waals surface area contributed by atoms with Crippen LogP contribution in [0.5, 0.6) is 0 Å². The zero-order valence-corrected chi connectivity index (χ0v) is 16.0. The summed E-state index contributed by atoms with van der Waals surface area (Å²) in [4.78, 5) is 61.6. The Morgan fingerprint density at radius 3 is 2.62 bits per heavy atom. The molecule has 0 aliphatic carbocycles. The van der Waals surface area contributed by atoms with E-state index in [1.807, 2.05) is 5.32 Å². The number of carbonyl (C=O) groups is 5. The third-order valence-corrected chi connectivity index (χ3v) is 4.73. The second-order valence-electron chi connectivity index (χ2n) is 6.73. The molecule has 0 bridgehead atoms.